The number of anilines is 1. The number of hydrogen-bond acceptors (Lipinski definition) is 7. The van der Waals surface area contributed by atoms with Gasteiger partial charge < -0.3 is 9.88 Å². The Morgan fingerprint density at radius 2 is 1.87 bits per heavy atom. The van der Waals surface area contributed by atoms with E-state index < -0.39 is 10.0 Å². The number of amides is 1. The van der Waals surface area contributed by atoms with Crippen LogP contribution in [-0.4, -0.2) is 58.2 Å². The summed E-state index contributed by atoms with van der Waals surface area (Å²) in [5.41, 5.74) is 1.38. The Morgan fingerprint density at radius 1 is 1.13 bits per heavy atom. The monoisotopic (exact) mass is 446 g/mol. The lowest BCUT2D eigenvalue weighted by Gasteiger charge is -2.11. The van der Waals surface area contributed by atoms with Crippen LogP contribution >= 0.6 is 11.8 Å². The van der Waals surface area contributed by atoms with E-state index in [1.165, 1.54) is 38.1 Å². The van der Waals surface area contributed by atoms with Crippen molar-refractivity contribution in [1.29, 1.82) is 0 Å². The SMILES string of the molecule is CCn1c(SCC(=O)Nc2ccccc2)nnc1-c1ccc(S(=O)(=O)N(C)C)nc1. The summed E-state index contributed by atoms with van der Waals surface area (Å²) < 4.78 is 27.3. The molecule has 1 aromatic carbocycles. The van der Waals surface area contributed by atoms with Crippen molar-refractivity contribution in [2.45, 2.75) is 23.7 Å². The molecule has 11 heteroatoms. The molecule has 0 unspecified atom stereocenters. The summed E-state index contributed by atoms with van der Waals surface area (Å²) in [4.78, 5) is 16.3. The molecule has 9 nitrogen and oxygen atoms in total. The topological polar surface area (TPSA) is 110 Å². The number of nitrogens with one attached hydrogen (secondary N) is 1. The van der Waals surface area contributed by atoms with Crippen LogP contribution in [0.3, 0.4) is 0 Å². The Kier molecular flexibility index (Phi) is 6.85. The minimum Gasteiger partial charge on any atom is -0.325 e. The van der Waals surface area contributed by atoms with Crippen molar-refractivity contribution < 1.29 is 13.2 Å². The zero-order chi connectivity index (χ0) is 21.7. The maximum absolute atomic E-state index is 12.2. The zero-order valence-corrected chi connectivity index (χ0v) is 18.4. The number of rotatable bonds is 8. The maximum Gasteiger partial charge on any atom is 0.260 e. The number of pyridine rings is 1. The number of para-hydroxylation sites is 1. The lowest BCUT2D eigenvalue weighted by Crippen LogP contribution is -2.23. The van der Waals surface area contributed by atoms with E-state index in [-0.39, 0.29) is 16.7 Å². The average Bonchev–Trinajstić information content (AvgIpc) is 3.16. The Morgan fingerprint density at radius 3 is 2.47 bits per heavy atom. The number of hydrogen-bond donors (Lipinski definition) is 1. The third kappa shape index (κ3) is 4.86. The second kappa shape index (κ2) is 9.37. The molecule has 2 heterocycles. The lowest BCUT2D eigenvalue weighted by atomic mass is 10.3. The minimum absolute atomic E-state index is 0.0361. The van der Waals surface area contributed by atoms with Crippen molar-refractivity contribution in [3.05, 3.63) is 48.7 Å². The van der Waals surface area contributed by atoms with E-state index in [9.17, 15) is 13.2 Å². The molecule has 158 valence electrons. The van der Waals surface area contributed by atoms with Gasteiger partial charge in [-0.2, -0.15) is 0 Å². The van der Waals surface area contributed by atoms with Crippen molar-refractivity contribution >= 4 is 33.4 Å². The minimum atomic E-state index is -3.60. The predicted octanol–water partition coefficient (Wildman–Crippen LogP) is 2.34. The van der Waals surface area contributed by atoms with Crippen molar-refractivity contribution in [2.24, 2.45) is 0 Å². The Bertz CT molecular complexity index is 1110. The molecule has 3 aromatic rings. The molecule has 0 aliphatic carbocycles. The Hall–Kier alpha value is -2.76. The molecule has 3 rings (SSSR count). The van der Waals surface area contributed by atoms with Gasteiger partial charge in [0.25, 0.3) is 10.0 Å². The molecular formula is C19H22N6O3S2. The smallest absolute Gasteiger partial charge is 0.260 e. The molecule has 0 saturated carbocycles. The highest BCUT2D eigenvalue weighted by atomic mass is 32.2. The zero-order valence-electron chi connectivity index (χ0n) is 16.8. The molecule has 0 aliphatic rings. The first-order valence-corrected chi connectivity index (χ1v) is 11.6. The third-order valence-electron chi connectivity index (χ3n) is 4.16. The van der Waals surface area contributed by atoms with Crippen LogP contribution in [0.2, 0.25) is 0 Å². The highest BCUT2D eigenvalue weighted by molar-refractivity contribution is 7.99. The first-order valence-electron chi connectivity index (χ1n) is 9.12. The van der Waals surface area contributed by atoms with Crippen molar-refractivity contribution in [1.82, 2.24) is 24.1 Å². The number of benzene rings is 1. The number of sulfonamides is 1. The molecule has 0 atom stereocenters. The van der Waals surface area contributed by atoms with Crippen LogP contribution in [0.1, 0.15) is 6.92 Å². The van der Waals surface area contributed by atoms with Gasteiger partial charge in [-0.1, -0.05) is 30.0 Å². The van der Waals surface area contributed by atoms with Gasteiger partial charge in [-0.05, 0) is 31.2 Å². The van der Waals surface area contributed by atoms with E-state index in [0.717, 1.165) is 9.99 Å². The number of carbonyl (C=O) groups excluding carboxylic acids is 1. The Labute approximate surface area is 179 Å². The first kappa shape index (κ1) is 21.9. The van der Waals surface area contributed by atoms with Crippen LogP contribution in [0.5, 0.6) is 0 Å². The van der Waals surface area contributed by atoms with Crippen LogP contribution in [0, 0.1) is 0 Å². The number of nitrogens with zero attached hydrogens (tertiary/aromatic N) is 5. The fourth-order valence-corrected chi connectivity index (χ4v) is 4.20. The second-order valence-corrected chi connectivity index (χ2v) is 9.47. The van der Waals surface area contributed by atoms with Gasteiger partial charge in [0.15, 0.2) is 16.0 Å². The van der Waals surface area contributed by atoms with E-state index in [2.05, 4.69) is 20.5 Å². The van der Waals surface area contributed by atoms with Gasteiger partial charge in [-0.3, -0.25) is 4.79 Å². The van der Waals surface area contributed by atoms with Gasteiger partial charge >= 0.3 is 0 Å². The fourth-order valence-electron chi connectivity index (χ4n) is 2.59. The normalized spacial score (nSPS) is 11.6. The molecule has 0 bridgehead atoms. The molecular weight excluding hydrogens is 424 g/mol. The van der Waals surface area contributed by atoms with Gasteiger partial charge in [-0.25, -0.2) is 17.7 Å². The summed E-state index contributed by atoms with van der Waals surface area (Å²) >= 11 is 1.28. The van der Waals surface area contributed by atoms with Crippen LogP contribution in [0.15, 0.2) is 58.8 Å². The van der Waals surface area contributed by atoms with Crippen LogP contribution in [-0.2, 0) is 21.4 Å². The van der Waals surface area contributed by atoms with Gasteiger partial charge in [-0.15, -0.1) is 10.2 Å². The number of thioether (sulfide) groups is 1. The van der Waals surface area contributed by atoms with Gasteiger partial charge in [0, 0.05) is 38.1 Å². The van der Waals surface area contributed by atoms with E-state index in [4.69, 9.17) is 0 Å². The van der Waals surface area contributed by atoms with Crippen LogP contribution in [0.4, 0.5) is 5.69 Å². The quantitative estimate of drug-likeness (QED) is 0.529. The molecule has 0 saturated heterocycles. The van der Waals surface area contributed by atoms with Gasteiger partial charge in [0.2, 0.25) is 5.91 Å². The largest absolute Gasteiger partial charge is 0.325 e. The highest BCUT2D eigenvalue weighted by Crippen LogP contribution is 2.24. The van der Waals surface area contributed by atoms with Crippen LogP contribution in [0.25, 0.3) is 11.4 Å². The molecule has 0 radical (unpaired) electrons. The van der Waals surface area contributed by atoms with Gasteiger partial charge in [0.05, 0.1) is 5.75 Å². The van der Waals surface area contributed by atoms with E-state index in [1.54, 1.807) is 6.07 Å². The summed E-state index contributed by atoms with van der Waals surface area (Å²) in [5, 5.41) is 11.8. The third-order valence-corrected chi connectivity index (χ3v) is 6.86. The lowest BCUT2D eigenvalue weighted by molar-refractivity contribution is -0.113. The summed E-state index contributed by atoms with van der Waals surface area (Å²) in [6, 6.07) is 12.3. The Balaban J connectivity index is 1.73. The maximum atomic E-state index is 12.2. The molecule has 0 spiro atoms. The van der Waals surface area contributed by atoms with Crippen molar-refractivity contribution in [3.63, 3.8) is 0 Å². The number of carbonyl (C=O) groups is 1. The summed E-state index contributed by atoms with van der Waals surface area (Å²) in [7, 11) is -0.691. The molecule has 0 fully saturated rings. The molecule has 0 aliphatic heterocycles. The van der Waals surface area contributed by atoms with Gasteiger partial charge in [0.1, 0.15) is 0 Å². The van der Waals surface area contributed by atoms with Crippen LogP contribution < -0.4 is 5.32 Å². The van der Waals surface area contributed by atoms with E-state index in [1.807, 2.05) is 41.8 Å². The number of aromatic nitrogens is 4. The summed E-state index contributed by atoms with van der Waals surface area (Å²) in [5.74, 6) is 0.605. The molecule has 1 amide bonds. The highest BCUT2D eigenvalue weighted by Gasteiger charge is 2.20. The molecule has 2 aromatic heterocycles. The summed E-state index contributed by atoms with van der Waals surface area (Å²) in [6.45, 7) is 2.53. The summed E-state index contributed by atoms with van der Waals surface area (Å²) in [6.07, 6.45) is 1.46. The molecule has 30 heavy (non-hydrogen) atoms. The second-order valence-electron chi connectivity index (χ2n) is 6.43. The molecule has 1 N–H and O–H groups in total. The fraction of sp³-hybridized carbons (Fsp3) is 0.263. The standard InChI is InChI=1S/C19H22N6O3S2/c1-4-25-18(14-10-11-17(20-12-14)30(27,28)24(2)3)22-23-19(25)29-13-16(26)21-15-8-6-5-7-9-15/h5-12H,4,13H2,1-3H3,(H,21,26). The van der Waals surface area contributed by atoms with Crippen molar-refractivity contribution in [3.8, 4) is 11.4 Å². The van der Waals surface area contributed by atoms with Crippen molar-refractivity contribution in [2.75, 3.05) is 25.2 Å². The average molecular weight is 447 g/mol. The van der Waals surface area contributed by atoms with E-state index >= 15 is 0 Å². The first-order chi connectivity index (χ1) is 14.3. The van der Waals surface area contributed by atoms with E-state index in [0.29, 0.717) is 23.1 Å². The predicted molar refractivity (Wildman–Crippen MR) is 116 cm³/mol.